The second kappa shape index (κ2) is 6.33. The molecule has 2 aliphatic rings. The lowest BCUT2D eigenvalue weighted by molar-refractivity contribution is 0.0148. The lowest BCUT2D eigenvalue weighted by Crippen LogP contribution is -2.58. The fraction of sp³-hybridized carbons (Fsp3) is 0.471. The number of hydrogen-bond donors (Lipinski definition) is 2. The summed E-state index contributed by atoms with van der Waals surface area (Å²) in [7, 11) is -3.61. The molecule has 1 aromatic carbocycles. The van der Waals surface area contributed by atoms with Crippen LogP contribution in [0.25, 0.3) is 10.9 Å². The second-order valence-electron chi connectivity index (χ2n) is 7.00. The van der Waals surface area contributed by atoms with Crippen molar-refractivity contribution in [1.82, 2.24) is 14.6 Å². The number of rotatable bonds is 3. The molecule has 3 heterocycles. The van der Waals surface area contributed by atoms with E-state index >= 15 is 0 Å². The van der Waals surface area contributed by atoms with Crippen molar-refractivity contribution in [2.45, 2.75) is 31.0 Å². The highest BCUT2D eigenvalue weighted by Crippen LogP contribution is 2.25. The van der Waals surface area contributed by atoms with E-state index in [1.54, 1.807) is 0 Å². The van der Waals surface area contributed by atoms with Crippen molar-refractivity contribution in [2.24, 2.45) is 0 Å². The third kappa shape index (κ3) is 3.22. The zero-order valence-electron chi connectivity index (χ0n) is 14.2. The number of halogens is 1. The van der Waals surface area contributed by atoms with E-state index in [4.69, 9.17) is 4.74 Å². The molecule has 0 saturated carbocycles. The van der Waals surface area contributed by atoms with Crippen molar-refractivity contribution in [1.29, 1.82) is 0 Å². The Morgan fingerprint density at radius 2 is 2.00 bits per heavy atom. The molecular formula is C17H20FN3O4S. The topological polar surface area (TPSA) is 89.4 Å². The Kier molecular flexibility index (Phi) is 4.25. The Bertz CT molecular complexity index is 960. The van der Waals surface area contributed by atoms with Gasteiger partial charge in [-0.05, 0) is 31.0 Å². The summed E-state index contributed by atoms with van der Waals surface area (Å²) < 4.78 is 44.2. The normalized spacial score (nSPS) is 26.0. The summed E-state index contributed by atoms with van der Waals surface area (Å²) in [6.07, 6.45) is 3.79. The molecule has 2 fully saturated rings. The number of nitrogens with one attached hydrogen (secondary N) is 2. The van der Waals surface area contributed by atoms with Crippen LogP contribution >= 0.6 is 0 Å². The van der Waals surface area contributed by atoms with Crippen molar-refractivity contribution < 1.29 is 22.3 Å². The van der Waals surface area contributed by atoms with Crippen LogP contribution in [0.1, 0.15) is 23.2 Å². The summed E-state index contributed by atoms with van der Waals surface area (Å²) >= 11 is 0. The predicted octanol–water partition coefficient (Wildman–Crippen LogP) is 0.837. The van der Waals surface area contributed by atoms with Crippen LogP contribution in [0, 0.1) is 5.82 Å². The van der Waals surface area contributed by atoms with Crippen LogP contribution < -0.4 is 10.6 Å². The summed E-state index contributed by atoms with van der Waals surface area (Å²) in [5.74, 6) is -0.916. The smallest absolute Gasteiger partial charge is 0.253 e. The van der Waals surface area contributed by atoms with Crippen LogP contribution in [0.3, 0.4) is 0 Å². The maximum absolute atomic E-state index is 13.7. The molecule has 0 unspecified atom stereocenters. The van der Waals surface area contributed by atoms with Crippen LogP contribution in [0.4, 0.5) is 4.39 Å². The molecular weight excluding hydrogens is 361 g/mol. The van der Waals surface area contributed by atoms with Gasteiger partial charge in [-0.3, -0.25) is 4.79 Å². The van der Waals surface area contributed by atoms with Gasteiger partial charge in [0.15, 0.2) is 0 Å². The lowest BCUT2D eigenvalue weighted by atomic mass is 9.92. The van der Waals surface area contributed by atoms with Gasteiger partial charge in [0.1, 0.15) is 5.82 Å². The van der Waals surface area contributed by atoms with E-state index in [0.29, 0.717) is 13.2 Å². The van der Waals surface area contributed by atoms with Gasteiger partial charge in [-0.1, -0.05) is 0 Å². The molecule has 140 valence electrons. The number of amides is 1. The Morgan fingerprint density at radius 1 is 1.31 bits per heavy atom. The highest BCUT2D eigenvalue weighted by Gasteiger charge is 2.33. The average Bonchev–Trinajstić information content (AvgIpc) is 2.93. The first-order chi connectivity index (χ1) is 12.3. The number of ether oxygens (including phenoxy) is 1. The van der Waals surface area contributed by atoms with E-state index in [-0.39, 0.29) is 34.6 Å². The number of aromatic nitrogens is 1. The minimum absolute atomic E-state index is 0.0344. The molecule has 2 bridgehead atoms. The minimum Gasteiger partial charge on any atom is -0.378 e. The maximum Gasteiger partial charge on any atom is 0.253 e. The number of fused-ring (bicyclic) bond motifs is 3. The number of piperidine rings is 1. The molecule has 26 heavy (non-hydrogen) atoms. The van der Waals surface area contributed by atoms with Crippen molar-refractivity contribution >= 4 is 26.8 Å². The number of hydrogen-bond acceptors (Lipinski definition) is 5. The maximum atomic E-state index is 13.7. The molecule has 9 heteroatoms. The fourth-order valence-corrected chi connectivity index (χ4v) is 4.66. The zero-order chi connectivity index (χ0) is 18.5. The first-order valence-electron chi connectivity index (χ1n) is 8.47. The van der Waals surface area contributed by atoms with E-state index in [1.807, 2.05) is 0 Å². The van der Waals surface area contributed by atoms with E-state index in [0.717, 1.165) is 23.1 Å². The standard InChI is InChI=1S/C17H20FN3O4S/c1-26(23,24)21-7-15(14-4-10(18)2-3-16(14)21)17(22)20-11-5-12-8-25-9-13(6-11)19-12/h2-4,7,11-13,19H,5-6,8-9H2,1H3,(H,20,22)/t11-,12-,13+. The largest absolute Gasteiger partial charge is 0.378 e. The Balaban J connectivity index is 1.65. The Hall–Kier alpha value is -1.97. The minimum atomic E-state index is -3.61. The number of nitrogens with zero attached hydrogens (tertiary/aromatic N) is 1. The van der Waals surface area contributed by atoms with Crippen molar-refractivity contribution in [3.8, 4) is 0 Å². The summed E-state index contributed by atoms with van der Waals surface area (Å²) in [4.78, 5) is 12.8. The first kappa shape index (κ1) is 17.4. The quantitative estimate of drug-likeness (QED) is 0.822. The van der Waals surface area contributed by atoms with Crippen LogP contribution in [-0.2, 0) is 14.8 Å². The Morgan fingerprint density at radius 3 is 2.65 bits per heavy atom. The molecule has 2 aromatic rings. The monoisotopic (exact) mass is 381 g/mol. The molecule has 0 spiro atoms. The molecule has 4 rings (SSSR count). The van der Waals surface area contributed by atoms with Crippen molar-refractivity contribution in [2.75, 3.05) is 19.5 Å². The predicted molar refractivity (Wildman–Crippen MR) is 94.2 cm³/mol. The third-order valence-electron chi connectivity index (χ3n) is 4.92. The SMILES string of the molecule is CS(=O)(=O)n1cc(C(=O)N[C@H]2C[C@H]3COC[C@@H](C2)N3)c2cc(F)ccc21. The first-order valence-corrected chi connectivity index (χ1v) is 10.3. The van der Waals surface area contributed by atoms with Gasteiger partial charge in [-0.2, -0.15) is 0 Å². The average molecular weight is 381 g/mol. The van der Waals surface area contributed by atoms with Gasteiger partial charge in [0.25, 0.3) is 5.91 Å². The molecule has 2 N–H and O–H groups in total. The van der Waals surface area contributed by atoms with Gasteiger partial charge in [0.05, 0.1) is 30.5 Å². The molecule has 0 aliphatic carbocycles. The molecule has 2 saturated heterocycles. The van der Waals surface area contributed by atoms with Crippen LogP contribution in [-0.4, -0.2) is 55.9 Å². The molecule has 2 aliphatic heterocycles. The molecule has 1 aromatic heterocycles. The summed E-state index contributed by atoms with van der Waals surface area (Å²) in [5, 5.41) is 6.71. The molecule has 3 atom stereocenters. The lowest BCUT2D eigenvalue weighted by Gasteiger charge is -2.40. The summed E-state index contributed by atoms with van der Waals surface area (Å²) in [6, 6.07) is 4.10. The second-order valence-corrected chi connectivity index (χ2v) is 8.86. The van der Waals surface area contributed by atoms with Crippen molar-refractivity contribution in [3.05, 3.63) is 35.8 Å². The molecule has 7 nitrogen and oxygen atoms in total. The van der Waals surface area contributed by atoms with E-state index < -0.39 is 21.7 Å². The van der Waals surface area contributed by atoms with E-state index in [9.17, 15) is 17.6 Å². The van der Waals surface area contributed by atoms with Crippen LogP contribution in [0.5, 0.6) is 0 Å². The van der Waals surface area contributed by atoms with Crippen molar-refractivity contribution in [3.63, 3.8) is 0 Å². The van der Waals surface area contributed by atoms with Gasteiger partial charge in [-0.15, -0.1) is 0 Å². The fourth-order valence-electron chi connectivity index (χ4n) is 3.85. The van der Waals surface area contributed by atoms with Gasteiger partial charge in [-0.25, -0.2) is 16.8 Å². The van der Waals surface area contributed by atoms with Gasteiger partial charge in [0.2, 0.25) is 10.0 Å². The number of carbonyl (C=O) groups is 1. The van der Waals surface area contributed by atoms with E-state index in [2.05, 4.69) is 10.6 Å². The van der Waals surface area contributed by atoms with E-state index in [1.165, 1.54) is 24.4 Å². The van der Waals surface area contributed by atoms with Gasteiger partial charge < -0.3 is 15.4 Å². The number of morpholine rings is 1. The van der Waals surface area contributed by atoms with Crippen LogP contribution in [0.15, 0.2) is 24.4 Å². The highest BCUT2D eigenvalue weighted by atomic mass is 32.2. The van der Waals surface area contributed by atoms with Gasteiger partial charge >= 0.3 is 0 Å². The number of carbonyl (C=O) groups excluding carboxylic acids is 1. The number of benzene rings is 1. The molecule has 1 amide bonds. The third-order valence-corrected chi connectivity index (χ3v) is 5.93. The van der Waals surface area contributed by atoms with Gasteiger partial charge in [0, 0.05) is 29.7 Å². The zero-order valence-corrected chi connectivity index (χ0v) is 15.1. The summed E-state index contributed by atoms with van der Waals surface area (Å²) in [6.45, 7) is 1.23. The summed E-state index contributed by atoms with van der Waals surface area (Å²) in [5.41, 5.74) is 0.444. The molecule has 0 radical (unpaired) electrons. The Labute approximate surface area is 150 Å². The highest BCUT2D eigenvalue weighted by molar-refractivity contribution is 7.89. The van der Waals surface area contributed by atoms with Crippen LogP contribution in [0.2, 0.25) is 0 Å².